The van der Waals surface area contributed by atoms with Crippen LogP contribution in [0.2, 0.25) is 10.0 Å². The van der Waals surface area contributed by atoms with Gasteiger partial charge in [0, 0.05) is 11.4 Å². The Morgan fingerprint density at radius 2 is 2.10 bits per heavy atom. The van der Waals surface area contributed by atoms with E-state index in [0.29, 0.717) is 17.1 Å². The SMILES string of the molecule is N#Cc1ccc(Cl)c(NCC2Cc3cc(Cl)ccc3O2)c1. The lowest BCUT2D eigenvalue weighted by Gasteiger charge is -2.14. The molecule has 0 saturated heterocycles. The van der Waals surface area contributed by atoms with E-state index in [9.17, 15) is 0 Å². The van der Waals surface area contributed by atoms with Crippen LogP contribution in [0.5, 0.6) is 5.75 Å². The molecule has 0 aromatic heterocycles. The minimum atomic E-state index is 0.0280. The van der Waals surface area contributed by atoms with Gasteiger partial charge in [0.2, 0.25) is 0 Å². The van der Waals surface area contributed by atoms with E-state index in [1.54, 1.807) is 18.2 Å². The number of rotatable bonds is 3. The molecular weight excluding hydrogens is 307 g/mol. The molecule has 0 radical (unpaired) electrons. The summed E-state index contributed by atoms with van der Waals surface area (Å²) in [5, 5.41) is 13.5. The predicted octanol–water partition coefficient (Wildman–Crippen LogP) is 4.28. The summed E-state index contributed by atoms with van der Waals surface area (Å²) in [6, 6.07) is 12.9. The predicted molar refractivity (Wildman–Crippen MR) is 84.2 cm³/mol. The zero-order valence-electron chi connectivity index (χ0n) is 11.1. The molecule has 0 spiro atoms. The molecule has 2 aromatic rings. The van der Waals surface area contributed by atoms with Crippen molar-refractivity contribution < 1.29 is 4.74 Å². The number of halogens is 2. The molecular formula is C16H12Cl2N2O. The lowest BCUT2D eigenvalue weighted by atomic mass is 10.1. The third kappa shape index (κ3) is 3.07. The molecule has 1 N–H and O–H groups in total. The van der Waals surface area contributed by atoms with Crippen LogP contribution >= 0.6 is 23.2 Å². The topological polar surface area (TPSA) is 45.0 Å². The number of nitrogens with one attached hydrogen (secondary N) is 1. The van der Waals surface area contributed by atoms with Crippen LogP contribution in [0.3, 0.4) is 0 Å². The minimum Gasteiger partial charge on any atom is -0.488 e. The van der Waals surface area contributed by atoms with Crippen molar-refractivity contribution in [2.24, 2.45) is 0 Å². The fourth-order valence-electron chi connectivity index (χ4n) is 2.36. The van der Waals surface area contributed by atoms with Gasteiger partial charge in [0.05, 0.1) is 28.9 Å². The van der Waals surface area contributed by atoms with Gasteiger partial charge in [0.1, 0.15) is 11.9 Å². The molecule has 106 valence electrons. The molecule has 21 heavy (non-hydrogen) atoms. The first-order valence-corrected chi connectivity index (χ1v) is 7.30. The Balaban J connectivity index is 1.66. The second kappa shape index (κ2) is 5.85. The number of anilines is 1. The summed E-state index contributed by atoms with van der Waals surface area (Å²) in [7, 11) is 0. The number of hydrogen-bond acceptors (Lipinski definition) is 3. The molecule has 2 aromatic carbocycles. The van der Waals surface area contributed by atoms with Gasteiger partial charge in [0.25, 0.3) is 0 Å². The Kier molecular flexibility index (Phi) is 3.92. The van der Waals surface area contributed by atoms with Crippen LogP contribution in [0.4, 0.5) is 5.69 Å². The van der Waals surface area contributed by atoms with E-state index in [1.807, 2.05) is 18.2 Å². The average Bonchev–Trinajstić information content (AvgIpc) is 2.88. The molecule has 1 unspecified atom stereocenters. The van der Waals surface area contributed by atoms with E-state index in [4.69, 9.17) is 33.2 Å². The van der Waals surface area contributed by atoms with Crippen molar-refractivity contribution in [2.45, 2.75) is 12.5 Å². The molecule has 1 aliphatic heterocycles. The standard InChI is InChI=1S/C16H12Cl2N2O/c17-12-2-4-16-11(6-12)7-13(21-16)9-20-15-5-10(8-19)1-3-14(15)18/h1-6,13,20H,7,9H2. The Hall–Kier alpha value is -1.89. The third-order valence-electron chi connectivity index (χ3n) is 3.38. The van der Waals surface area contributed by atoms with E-state index in [0.717, 1.165) is 28.4 Å². The van der Waals surface area contributed by atoms with Crippen LogP contribution in [0, 0.1) is 11.3 Å². The molecule has 0 amide bonds. The second-order valence-electron chi connectivity index (χ2n) is 4.88. The largest absolute Gasteiger partial charge is 0.488 e. The van der Waals surface area contributed by atoms with Crippen molar-refractivity contribution in [3.63, 3.8) is 0 Å². The molecule has 0 saturated carbocycles. The lowest BCUT2D eigenvalue weighted by molar-refractivity contribution is 0.246. The molecule has 0 aliphatic carbocycles. The van der Waals surface area contributed by atoms with Crippen molar-refractivity contribution >= 4 is 28.9 Å². The van der Waals surface area contributed by atoms with Crippen LogP contribution in [-0.2, 0) is 6.42 Å². The summed E-state index contributed by atoms with van der Waals surface area (Å²) in [4.78, 5) is 0. The van der Waals surface area contributed by atoms with Crippen LogP contribution in [0.25, 0.3) is 0 Å². The number of nitriles is 1. The zero-order chi connectivity index (χ0) is 14.8. The van der Waals surface area contributed by atoms with Gasteiger partial charge in [-0.05, 0) is 42.0 Å². The molecule has 1 heterocycles. The minimum absolute atomic E-state index is 0.0280. The Labute approximate surface area is 133 Å². The van der Waals surface area contributed by atoms with Gasteiger partial charge < -0.3 is 10.1 Å². The van der Waals surface area contributed by atoms with Crippen molar-refractivity contribution in [1.82, 2.24) is 0 Å². The molecule has 0 bridgehead atoms. The fraction of sp³-hybridized carbons (Fsp3) is 0.188. The highest BCUT2D eigenvalue weighted by Crippen LogP contribution is 2.31. The maximum atomic E-state index is 8.92. The number of nitrogens with zero attached hydrogens (tertiary/aromatic N) is 1. The summed E-state index contributed by atoms with van der Waals surface area (Å²) in [5.74, 6) is 0.878. The zero-order valence-corrected chi connectivity index (χ0v) is 12.6. The first-order chi connectivity index (χ1) is 10.2. The maximum Gasteiger partial charge on any atom is 0.123 e. The number of benzene rings is 2. The lowest BCUT2D eigenvalue weighted by Crippen LogP contribution is -2.24. The van der Waals surface area contributed by atoms with E-state index in [-0.39, 0.29) is 6.10 Å². The number of ether oxygens (including phenoxy) is 1. The highest BCUT2D eigenvalue weighted by atomic mass is 35.5. The molecule has 3 rings (SSSR count). The van der Waals surface area contributed by atoms with Gasteiger partial charge in [-0.15, -0.1) is 0 Å². The van der Waals surface area contributed by atoms with E-state index >= 15 is 0 Å². The van der Waals surface area contributed by atoms with Gasteiger partial charge >= 0.3 is 0 Å². The van der Waals surface area contributed by atoms with Gasteiger partial charge in [-0.2, -0.15) is 5.26 Å². The summed E-state index contributed by atoms with van der Waals surface area (Å²) >= 11 is 12.1. The first kappa shape index (κ1) is 14.1. The molecule has 0 fully saturated rings. The van der Waals surface area contributed by atoms with E-state index < -0.39 is 0 Å². The van der Waals surface area contributed by atoms with E-state index in [2.05, 4.69) is 11.4 Å². The average molecular weight is 319 g/mol. The smallest absolute Gasteiger partial charge is 0.123 e. The maximum absolute atomic E-state index is 8.92. The highest BCUT2D eigenvalue weighted by molar-refractivity contribution is 6.33. The Morgan fingerprint density at radius 1 is 1.24 bits per heavy atom. The normalized spacial score (nSPS) is 16.0. The molecule has 1 atom stereocenters. The van der Waals surface area contributed by atoms with Crippen molar-refractivity contribution in [3.8, 4) is 11.8 Å². The van der Waals surface area contributed by atoms with Gasteiger partial charge in [-0.3, -0.25) is 0 Å². The molecule has 3 nitrogen and oxygen atoms in total. The van der Waals surface area contributed by atoms with Gasteiger partial charge in [-0.25, -0.2) is 0 Å². The second-order valence-corrected chi connectivity index (χ2v) is 5.73. The van der Waals surface area contributed by atoms with Gasteiger partial charge in [0.15, 0.2) is 0 Å². The number of fused-ring (bicyclic) bond motifs is 1. The molecule has 5 heteroatoms. The van der Waals surface area contributed by atoms with Crippen LogP contribution in [-0.4, -0.2) is 12.6 Å². The van der Waals surface area contributed by atoms with Crippen molar-refractivity contribution in [3.05, 3.63) is 57.6 Å². The molecule has 1 aliphatic rings. The summed E-state index contributed by atoms with van der Waals surface area (Å²) in [6.07, 6.45) is 0.832. The summed E-state index contributed by atoms with van der Waals surface area (Å²) < 4.78 is 5.85. The van der Waals surface area contributed by atoms with Crippen LogP contribution in [0.15, 0.2) is 36.4 Å². The monoisotopic (exact) mass is 318 g/mol. The van der Waals surface area contributed by atoms with Crippen LogP contribution in [0.1, 0.15) is 11.1 Å². The van der Waals surface area contributed by atoms with Crippen molar-refractivity contribution in [1.29, 1.82) is 5.26 Å². The fourth-order valence-corrected chi connectivity index (χ4v) is 2.74. The Morgan fingerprint density at radius 3 is 2.90 bits per heavy atom. The van der Waals surface area contributed by atoms with Crippen LogP contribution < -0.4 is 10.1 Å². The Bertz CT molecular complexity index is 725. The quantitative estimate of drug-likeness (QED) is 0.918. The van der Waals surface area contributed by atoms with Gasteiger partial charge in [-0.1, -0.05) is 23.2 Å². The summed E-state index contributed by atoms with van der Waals surface area (Å²) in [5.41, 5.74) is 2.43. The third-order valence-corrected chi connectivity index (χ3v) is 3.94. The highest BCUT2D eigenvalue weighted by Gasteiger charge is 2.22. The van der Waals surface area contributed by atoms with E-state index in [1.165, 1.54) is 0 Å². The first-order valence-electron chi connectivity index (χ1n) is 6.54. The number of hydrogen-bond donors (Lipinski definition) is 1. The van der Waals surface area contributed by atoms with Crippen molar-refractivity contribution in [2.75, 3.05) is 11.9 Å². The summed E-state index contributed by atoms with van der Waals surface area (Å²) in [6.45, 7) is 0.612.